The van der Waals surface area contributed by atoms with Crippen molar-refractivity contribution in [2.75, 3.05) is 26.8 Å². The van der Waals surface area contributed by atoms with Crippen LogP contribution in [0.2, 0.25) is 0 Å². The molecule has 0 spiro atoms. The number of furan rings is 1. The molecular weight excluding hydrogens is 226 g/mol. The molecule has 0 N–H and O–H groups in total. The maximum absolute atomic E-state index is 5.61. The lowest BCUT2D eigenvalue weighted by atomic mass is 9.91. The van der Waals surface area contributed by atoms with E-state index < -0.39 is 0 Å². The monoisotopic (exact) mass is 251 g/mol. The van der Waals surface area contributed by atoms with Gasteiger partial charge in [-0.1, -0.05) is 6.92 Å². The maximum atomic E-state index is 5.61. The molecule has 2 heterocycles. The van der Waals surface area contributed by atoms with Crippen molar-refractivity contribution in [1.82, 2.24) is 4.90 Å². The molecule has 0 aromatic carbocycles. The van der Waals surface area contributed by atoms with E-state index in [1.807, 2.05) is 6.07 Å². The van der Waals surface area contributed by atoms with Gasteiger partial charge in [-0.25, -0.2) is 0 Å². The van der Waals surface area contributed by atoms with E-state index in [1.54, 1.807) is 13.4 Å². The number of ether oxygens (including phenoxy) is 1. The van der Waals surface area contributed by atoms with Crippen molar-refractivity contribution in [2.45, 2.75) is 38.6 Å². The Hall–Kier alpha value is -0.800. The van der Waals surface area contributed by atoms with Crippen LogP contribution in [0, 0.1) is 5.92 Å². The Bertz CT molecular complexity index is 323. The number of unbranched alkanes of at least 4 members (excludes halogenated alkanes) is 1. The average Bonchev–Trinajstić information content (AvgIpc) is 2.90. The maximum Gasteiger partial charge on any atom is 0.120 e. The van der Waals surface area contributed by atoms with Crippen molar-refractivity contribution in [3.63, 3.8) is 0 Å². The van der Waals surface area contributed by atoms with Crippen LogP contribution < -0.4 is 0 Å². The largest absolute Gasteiger partial charge is 0.468 e. The van der Waals surface area contributed by atoms with Crippen LogP contribution in [0.5, 0.6) is 0 Å². The first-order valence-corrected chi connectivity index (χ1v) is 7.07. The highest BCUT2D eigenvalue weighted by atomic mass is 16.5. The second kappa shape index (κ2) is 6.95. The third-order valence-corrected chi connectivity index (χ3v) is 3.89. The van der Waals surface area contributed by atoms with E-state index in [-0.39, 0.29) is 0 Å². The van der Waals surface area contributed by atoms with Gasteiger partial charge in [0.1, 0.15) is 5.76 Å². The van der Waals surface area contributed by atoms with Gasteiger partial charge in [0, 0.05) is 13.7 Å². The highest BCUT2D eigenvalue weighted by molar-refractivity contribution is 5.06. The molecule has 18 heavy (non-hydrogen) atoms. The van der Waals surface area contributed by atoms with E-state index in [1.165, 1.54) is 25.8 Å². The Morgan fingerprint density at radius 2 is 2.33 bits per heavy atom. The zero-order valence-corrected chi connectivity index (χ0v) is 11.6. The van der Waals surface area contributed by atoms with Gasteiger partial charge < -0.3 is 9.15 Å². The third kappa shape index (κ3) is 3.59. The van der Waals surface area contributed by atoms with E-state index in [4.69, 9.17) is 9.15 Å². The van der Waals surface area contributed by atoms with Crippen LogP contribution in [-0.2, 0) is 4.74 Å². The molecule has 2 rings (SSSR count). The number of nitrogens with zero attached hydrogens (tertiary/aromatic N) is 1. The molecule has 1 aliphatic heterocycles. The average molecular weight is 251 g/mol. The minimum atomic E-state index is 0.478. The smallest absolute Gasteiger partial charge is 0.120 e. The number of hydrogen-bond donors (Lipinski definition) is 0. The van der Waals surface area contributed by atoms with Gasteiger partial charge >= 0.3 is 0 Å². The second-order valence-corrected chi connectivity index (χ2v) is 5.40. The Balaban J connectivity index is 1.89. The number of methoxy groups -OCH3 is 1. The van der Waals surface area contributed by atoms with Gasteiger partial charge in [-0.3, -0.25) is 4.90 Å². The fourth-order valence-electron chi connectivity index (χ4n) is 2.80. The quantitative estimate of drug-likeness (QED) is 0.724. The van der Waals surface area contributed by atoms with Gasteiger partial charge in [0.2, 0.25) is 0 Å². The predicted octanol–water partition coefficient (Wildman–Crippen LogP) is 3.48. The molecule has 0 radical (unpaired) electrons. The highest BCUT2D eigenvalue weighted by Crippen LogP contribution is 2.34. The molecule has 1 fully saturated rings. The van der Waals surface area contributed by atoms with Gasteiger partial charge in [0.05, 0.1) is 12.3 Å². The van der Waals surface area contributed by atoms with E-state index in [9.17, 15) is 0 Å². The molecular formula is C15H25NO2. The van der Waals surface area contributed by atoms with E-state index in [0.717, 1.165) is 31.3 Å². The van der Waals surface area contributed by atoms with Crippen LogP contribution >= 0.6 is 0 Å². The third-order valence-electron chi connectivity index (χ3n) is 3.89. The fourth-order valence-corrected chi connectivity index (χ4v) is 2.80. The van der Waals surface area contributed by atoms with Crippen molar-refractivity contribution in [1.29, 1.82) is 0 Å². The normalized spacial score (nSPS) is 25.4. The zero-order chi connectivity index (χ0) is 12.8. The Kier molecular flexibility index (Phi) is 5.26. The lowest BCUT2D eigenvalue weighted by Gasteiger charge is -2.37. The fraction of sp³-hybridized carbons (Fsp3) is 0.733. The minimum absolute atomic E-state index is 0.478. The molecule has 1 aliphatic rings. The van der Waals surface area contributed by atoms with Gasteiger partial charge in [-0.2, -0.15) is 0 Å². The van der Waals surface area contributed by atoms with E-state index >= 15 is 0 Å². The van der Waals surface area contributed by atoms with Crippen LogP contribution in [0.4, 0.5) is 0 Å². The van der Waals surface area contributed by atoms with Crippen LogP contribution in [0.25, 0.3) is 0 Å². The van der Waals surface area contributed by atoms with Gasteiger partial charge in [-0.15, -0.1) is 0 Å². The van der Waals surface area contributed by atoms with Crippen molar-refractivity contribution < 1.29 is 9.15 Å². The molecule has 1 aromatic heterocycles. The van der Waals surface area contributed by atoms with Crippen LogP contribution in [0.1, 0.15) is 44.4 Å². The van der Waals surface area contributed by atoms with Crippen molar-refractivity contribution in [2.24, 2.45) is 5.92 Å². The second-order valence-electron chi connectivity index (χ2n) is 5.40. The summed E-state index contributed by atoms with van der Waals surface area (Å²) in [4.78, 5) is 2.58. The molecule has 3 nitrogen and oxygen atoms in total. The summed E-state index contributed by atoms with van der Waals surface area (Å²) in [6.45, 7) is 5.56. The molecule has 0 unspecified atom stereocenters. The van der Waals surface area contributed by atoms with Gasteiger partial charge in [-0.05, 0) is 56.8 Å². The first kappa shape index (κ1) is 13.6. The molecule has 0 bridgehead atoms. The van der Waals surface area contributed by atoms with E-state index in [2.05, 4.69) is 17.9 Å². The van der Waals surface area contributed by atoms with E-state index in [0.29, 0.717) is 6.04 Å². The Morgan fingerprint density at radius 1 is 1.44 bits per heavy atom. The summed E-state index contributed by atoms with van der Waals surface area (Å²) in [5.41, 5.74) is 0. The molecule has 102 valence electrons. The molecule has 3 heteroatoms. The van der Waals surface area contributed by atoms with Crippen molar-refractivity contribution in [3.8, 4) is 0 Å². The Morgan fingerprint density at radius 3 is 3.06 bits per heavy atom. The van der Waals surface area contributed by atoms with Gasteiger partial charge in [0.25, 0.3) is 0 Å². The topological polar surface area (TPSA) is 25.6 Å². The summed E-state index contributed by atoms with van der Waals surface area (Å²) in [6.07, 6.45) is 6.67. The molecule has 0 saturated carbocycles. The summed E-state index contributed by atoms with van der Waals surface area (Å²) in [5, 5.41) is 0. The standard InChI is InChI=1S/C15H25NO2/c1-13-7-9-16(8-3-4-10-17-2)14(12-13)15-6-5-11-18-15/h5-6,11,13-14H,3-4,7-10,12H2,1-2H3/t13-,14-/m1/s1. The van der Waals surface area contributed by atoms with Gasteiger partial charge in [0.15, 0.2) is 0 Å². The summed E-state index contributed by atoms with van der Waals surface area (Å²) in [7, 11) is 1.77. The minimum Gasteiger partial charge on any atom is -0.468 e. The summed E-state index contributed by atoms with van der Waals surface area (Å²) < 4.78 is 10.7. The lowest BCUT2D eigenvalue weighted by Crippen LogP contribution is -2.36. The lowest BCUT2D eigenvalue weighted by molar-refractivity contribution is 0.0958. The van der Waals surface area contributed by atoms with Crippen LogP contribution in [0.15, 0.2) is 22.8 Å². The first-order valence-electron chi connectivity index (χ1n) is 7.07. The highest BCUT2D eigenvalue weighted by Gasteiger charge is 2.28. The molecule has 0 amide bonds. The number of rotatable bonds is 6. The van der Waals surface area contributed by atoms with Crippen LogP contribution in [-0.4, -0.2) is 31.7 Å². The Labute approximate surface area is 110 Å². The summed E-state index contributed by atoms with van der Waals surface area (Å²) in [6, 6.07) is 4.59. The van der Waals surface area contributed by atoms with Crippen molar-refractivity contribution >= 4 is 0 Å². The molecule has 2 atom stereocenters. The zero-order valence-electron chi connectivity index (χ0n) is 11.6. The summed E-state index contributed by atoms with van der Waals surface area (Å²) in [5.74, 6) is 1.93. The molecule has 0 aliphatic carbocycles. The van der Waals surface area contributed by atoms with Crippen molar-refractivity contribution in [3.05, 3.63) is 24.2 Å². The molecule has 1 aromatic rings. The number of likely N-dealkylation sites (tertiary alicyclic amines) is 1. The summed E-state index contributed by atoms with van der Waals surface area (Å²) >= 11 is 0. The molecule has 1 saturated heterocycles. The number of piperidine rings is 1. The predicted molar refractivity (Wildman–Crippen MR) is 72.5 cm³/mol. The van der Waals surface area contributed by atoms with Crippen LogP contribution in [0.3, 0.4) is 0 Å². The number of hydrogen-bond acceptors (Lipinski definition) is 3. The SMILES string of the molecule is COCCCCN1CC[C@@H](C)C[C@@H]1c1ccco1. The first-order chi connectivity index (χ1) is 8.81.